The number of benzene rings is 1. The predicted octanol–water partition coefficient (Wildman–Crippen LogP) is 2.83. The van der Waals surface area contributed by atoms with Gasteiger partial charge in [-0.1, -0.05) is 37.5 Å². The zero-order valence-electron chi connectivity index (χ0n) is 16.8. The highest BCUT2D eigenvalue weighted by atomic mass is 16.2. The standard InChI is InChI=1S/C23H30N4O2/c28-15-21(11-20-12-24-16-26-20)25-13-22-10-18-8-4-5-9-19(18)14-27(22)23(29)17-6-2-1-3-7-17/h1-3,6-7,12,15-16,18-19,21-22,25H,4-5,8-11,13-14H2,(H,24,26). The Balaban J connectivity index is 1.46. The lowest BCUT2D eigenvalue weighted by Crippen LogP contribution is -2.55. The zero-order valence-corrected chi connectivity index (χ0v) is 16.8. The molecule has 0 bridgehead atoms. The molecule has 2 aromatic rings. The fourth-order valence-electron chi connectivity index (χ4n) is 4.99. The van der Waals surface area contributed by atoms with E-state index in [1.807, 2.05) is 30.3 Å². The molecule has 6 nitrogen and oxygen atoms in total. The molecule has 1 aromatic carbocycles. The van der Waals surface area contributed by atoms with E-state index in [1.54, 1.807) is 12.5 Å². The van der Waals surface area contributed by atoms with Crippen molar-refractivity contribution >= 4 is 12.2 Å². The number of aromatic amines is 1. The van der Waals surface area contributed by atoms with E-state index >= 15 is 0 Å². The molecule has 0 radical (unpaired) electrons. The third-order valence-corrected chi connectivity index (χ3v) is 6.57. The number of carbonyl (C=O) groups is 2. The quantitative estimate of drug-likeness (QED) is 0.708. The van der Waals surface area contributed by atoms with Crippen molar-refractivity contribution in [3.05, 3.63) is 54.1 Å². The van der Waals surface area contributed by atoms with Gasteiger partial charge in [-0.05, 0) is 36.8 Å². The van der Waals surface area contributed by atoms with Crippen molar-refractivity contribution in [3.63, 3.8) is 0 Å². The van der Waals surface area contributed by atoms with E-state index in [1.165, 1.54) is 25.7 Å². The van der Waals surface area contributed by atoms with Gasteiger partial charge in [0.25, 0.3) is 5.91 Å². The molecule has 2 heterocycles. The van der Waals surface area contributed by atoms with Crippen LogP contribution in [-0.4, -0.2) is 52.2 Å². The van der Waals surface area contributed by atoms with E-state index in [2.05, 4.69) is 20.2 Å². The molecule has 0 spiro atoms. The number of hydrogen-bond acceptors (Lipinski definition) is 4. The second-order valence-corrected chi connectivity index (χ2v) is 8.45. The second kappa shape index (κ2) is 9.35. The van der Waals surface area contributed by atoms with Crippen molar-refractivity contribution in [1.29, 1.82) is 0 Å². The van der Waals surface area contributed by atoms with Crippen molar-refractivity contribution < 1.29 is 9.59 Å². The van der Waals surface area contributed by atoms with E-state index in [4.69, 9.17) is 0 Å². The monoisotopic (exact) mass is 394 g/mol. The van der Waals surface area contributed by atoms with Gasteiger partial charge in [0, 0.05) is 43.0 Å². The number of aldehydes is 1. The Hall–Kier alpha value is -2.47. The normalized spacial score (nSPS) is 25.2. The molecule has 4 rings (SSSR count). The Labute approximate surface area is 172 Å². The van der Waals surface area contributed by atoms with Crippen LogP contribution in [0.1, 0.15) is 48.2 Å². The third-order valence-electron chi connectivity index (χ3n) is 6.57. The maximum absolute atomic E-state index is 13.3. The number of aromatic nitrogens is 2. The molecule has 4 atom stereocenters. The van der Waals surface area contributed by atoms with Gasteiger partial charge < -0.3 is 20.0 Å². The number of carbonyl (C=O) groups excluding carboxylic acids is 2. The van der Waals surface area contributed by atoms with Crippen molar-refractivity contribution in [2.75, 3.05) is 13.1 Å². The van der Waals surface area contributed by atoms with E-state index in [0.29, 0.717) is 24.8 Å². The first-order valence-electron chi connectivity index (χ1n) is 10.8. The molecule has 1 aliphatic carbocycles. The van der Waals surface area contributed by atoms with Crippen molar-refractivity contribution in [2.24, 2.45) is 11.8 Å². The van der Waals surface area contributed by atoms with Crippen LogP contribution in [0.3, 0.4) is 0 Å². The molecule has 1 saturated heterocycles. The lowest BCUT2D eigenvalue weighted by Gasteiger charge is -2.46. The molecular weight excluding hydrogens is 364 g/mol. The highest BCUT2D eigenvalue weighted by molar-refractivity contribution is 5.94. The summed E-state index contributed by atoms with van der Waals surface area (Å²) >= 11 is 0. The lowest BCUT2D eigenvalue weighted by atomic mass is 9.72. The van der Waals surface area contributed by atoms with Crippen molar-refractivity contribution in [3.8, 4) is 0 Å². The van der Waals surface area contributed by atoms with Crippen LogP contribution < -0.4 is 5.32 Å². The predicted molar refractivity (Wildman–Crippen MR) is 111 cm³/mol. The van der Waals surface area contributed by atoms with Gasteiger partial charge in [-0.3, -0.25) is 4.79 Å². The van der Waals surface area contributed by atoms with Crippen LogP contribution in [0.15, 0.2) is 42.9 Å². The molecule has 1 saturated carbocycles. The van der Waals surface area contributed by atoms with Crippen LogP contribution in [0.2, 0.25) is 0 Å². The van der Waals surface area contributed by atoms with E-state index in [9.17, 15) is 9.59 Å². The smallest absolute Gasteiger partial charge is 0.254 e. The van der Waals surface area contributed by atoms with Gasteiger partial charge >= 0.3 is 0 Å². The number of rotatable bonds is 7. The molecule has 2 fully saturated rings. The molecule has 6 heteroatoms. The number of piperidine rings is 1. The topological polar surface area (TPSA) is 78.1 Å². The zero-order chi connectivity index (χ0) is 20.1. The number of imidazole rings is 1. The Morgan fingerprint density at radius 2 is 2.03 bits per heavy atom. The summed E-state index contributed by atoms with van der Waals surface area (Å²) in [6.45, 7) is 1.47. The fraction of sp³-hybridized carbons (Fsp3) is 0.522. The molecule has 1 amide bonds. The minimum absolute atomic E-state index is 0.109. The SMILES string of the molecule is O=CC(Cc1cnc[nH]1)NCC1CC2CCCCC2CN1C(=O)c1ccccc1. The third kappa shape index (κ3) is 4.75. The molecule has 2 aliphatic rings. The Kier molecular flexibility index (Phi) is 6.39. The number of fused-ring (bicyclic) bond motifs is 1. The molecule has 29 heavy (non-hydrogen) atoms. The summed E-state index contributed by atoms with van der Waals surface area (Å²) in [5.41, 5.74) is 1.68. The van der Waals surface area contributed by atoms with Gasteiger partial charge in [0.15, 0.2) is 0 Å². The number of hydrogen-bond donors (Lipinski definition) is 2. The minimum Gasteiger partial charge on any atom is -0.348 e. The molecule has 1 aromatic heterocycles. The van der Waals surface area contributed by atoms with Crippen LogP contribution in [0.4, 0.5) is 0 Å². The Morgan fingerprint density at radius 1 is 1.24 bits per heavy atom. The van der Waals surface area contributed by atoms with Crippen LogP contribution in [0, 0.1) is 11.8 Å². The van der Waals surface area contributed by atoms with Crippen LogP contribution in [0.25, 0.3) is 0 Å². The highest BCUT2D eigenvalue weighted by Crippen LogP contribution is 2.38. The summed E-state index contributed by atoms with van der Waals surface area (Å²) in [6, 6.07) is 9.40. The van der Waals surface area contributed by atoms with Crippen LogP contribution >= 0.6 is 0 Å². The van der Waals surface area contributed by atoms with Crippen LogP contribution in [0.5, 0.6) is 0 Å². The summed E-state index contributed by atoms with van der Waals surface area (Å²) in [6.07, 6.45) is 11.0. The second-order valence-electron chi connectivity index (χ2n) is 8.45. The Bertz CT molecular complexity index is 792. The van der Waals surface area contributed by atoms with E-state index < -0.39 is 0 Å². The summed E-state index contributed by atoms with van der Waals surface area (Å²) in [4.78, 5) is 34.0. The summed E-state index contributed by atoms with van der Waals surface area (Å²) in [7, 11) is 0. The number of H-pyrrole nitrogens is 1. The first kappa shape index (κ1) is 19.8. The highest BCUT2D eigenvalue weighted by Gasteiger charge is 2.39. The van der Waals surface area contributed by atoms with Gasteiger partial charge in [0.2, 0.25) is 0 Å². The molecular formula is C23H30N4O2. The maximum atomic E-state index is 13.3. The van der Waals surface area contributed by atoms with Crippen LogP contribution in [-0.2, 0) is 11.2 Å². The van der Waals surface area contributed by atoms with Gasteiger partial charge in [-0.25, -0.2) is 4.98 Å². The average molecular weight is 395 g/mol. The number of nitrogens with zero attached hydrogens (tertiary/aromatic N) is 2. The molecule has 154 valence electrons. The first-order valence-corrected chi connectivity index (χ1v) is 10.8. The molecule has 2 N–H and O–H groups in total. The van der Waals surface area contributed by atoms with Gasteiger partial charge in [0.05, 0.1) is 12.4 Å². The first-order chi connectivity index (χ1) is 14.2. The molecule has 4 unspecified atom stereocenters. The summed E-state index contributed by atoms with van der Waals surface area (Å²) < 4.78 is 0. The lowest BCUT2D eigenvalue weighted by molar-refractivity contribution is -0.109. The fourth-order valence-corrected chi connectivity index (χ4v) is 4.99. The average Bonchev–Trinajstić information content (AvgIpc) is 3.29. The van der Waals surface area contributed by atoms with E-state index in [0.717, 1.165) is 30.5 Å². The maximum Gasteiger partial charge on any atom is 0.254 e. The van der Waals surface area contributed by atoms with Crippen molar-refractivity contribution in [2.45, 2.75) is 50.6 Å². The molecule has 1 aliphatic heterocycles. The summed E-state index contributed by atoms with van der Waals surface area (Å²) in [5, 5.41) is 3.40. The largest absolute Gasteiger partial charge is 0.348 e. The van der Waals surface area contributed by atoms with Gasteiger partial charge in [-0.15, -0.1) is 0 Å². The number of amides is 1. The van der Waals surface area contributed by atoms with Gasteiger partial charge in [-0.2, -0.15) is 0 Å². The van der Waals surface area contributed by atoms with Crippen molar-refractivity contribution in [1.82, 2.24) is 20.2 Å². The summed E-state index contributed by atoms with van der Waals surface area (Å²) in [5.74, 6) is 1.41. The Morgan fingerprint density at radius 3 is 2.76 bits per heavy atom. The number of likely N-dealkylation sites (tertiary alicyclic amines) is 1. The van der Waals surface area contributed by atoms with Gasteiger partial charge in [0.1, 0.15) is 6.29 Å². The van der Waals surface area contributed by atoms with E-state index in [-0.39, 0.29) is 18.0 Å². The number of nitrogens with one attached hydrogen (secondary N) is 2. The minimum atomic E-state index is -0.284.